The largest absolute Gasteiger partial charge is 0.400 e. The molecule has 1 unspecified atom stereocenters. The maximum atomic E-state index is 8.64. The number of nitriles is 1. The summed E-state index contributed by atoms with van der Waals surface area (Å²) in [7, 11) is 1.88. The van der Waals surface area contributed by atoms with Gasteiger partial charge in [0.05, 0.1) is 0 Å². The molecule has 0 bridgehead atoms. The molecular formula is C9H19NO2SSi. The Morgan fingerprint density at radius 1 is 1.43 bits per heavy atom. The van der Waals surface area contributed by atoms with Gasteiger partial charge in [0.2, 0.25) is 0 Å². The first-order chi connectivity index (χ1) is 6.78. The topological polar surface area (TPSA) is 42.2 Å². The molecule has 82 valence electrons. The zero-order chi connectivity index (χ0) is 10.8. The lowest BCUT2D eigenvalue weighted by Crippen LogP contribution is -2.23. The Bertz CT molecular complexity index is 171. The molecule has 3 nitrogen and oxygen atoms in total. The summed E-state index contributed by atoms with van der Waals surface area (Å²) >= 11 is 1.36. The molecule has 0 aliphatic rings. The first-order valence-corrected chi connectivity index (χ1v) is 7.52. The van der Waals surface area contributed by atoms with Crippen LogP contribution in [0.2, 0.25) is 6.04 Å². The molecule has 0 aromatic heterocycles. The Labute approximate surface area is 92.6 Å². The van der Waals surface area contributed by atoms with Crippen molar-refractivity contribution in [2.24, 2.45) is 0 Å². The van der Waals surface area contributed by atoms with E-state index in [0.29, 0.717) is 5.25 Å². The van der Waals surface area contributed by atoms with Gasteiger partial charge in [0, 0.05) is 25.5 Å². The first-order valence-electron chi connectivity index (χ1n) is 4.88. The Morgan fingerprint density at radius 3 is 2.50 bits per heavy atom. The van der Waals surface area contributed by atoms with E-state index in [1.54, 1.807) is 14.2 Å². The molecule has 0 saturated heterocycles. The van der Waals surface area contributed by atoms with Gasteiger partial charge in [-0.1, -0.05) is 19.8 Å². The van der Waals surface area contributed by atoms with Gasteiger partial charge < -0.3 is 8.85 Å². The molecule has 1 atom stereocenters. The van der Waals surface area contributed by atoms with Gasteiger partial charge >= 0.3 is 9.28 Å². The van der Waals surface area contributed by atoms with Gasteiger partial charge in [-0.15, -0.1) is 0 Å². The third-order valence-electron chi connectivity index (χ3n) is 2.08. The number of nitrogens with zero attached hydrogens (tertiary/aromatic N) is 1. The molecule has 0 aromatic rings. The summed E-state index contributed by atoms with van der Waals surface area (Å²) in [5, 5.41) is 11.2. The first kappa shape index (κ1) is 14.0. The summed E-state index contributed by atoms with van der Waals surface area (Å²) in [5.41, 5.74) is 0. The highest BCUT2D eigenvalue weighted by atomic mass is 32.2. The van der Waals surface area contributed by atoms with Gasteiger partial charge in [-0.05, 0) is 18.2 Å². The quantitative estimate of drug-likeness (QED) is 0.476. The van der Waals surface area contributed by atoms with Crippen LogP contribution in [0.4, 0.5) is 0 Å². The smallest absolute Gasteiger partial charge is 0.322 e. The van der Waals surface area contributed by atoms with Crippen molar-refractivity contribution < 1.29 is 8.85 Å². The van der Waals surface area contributed by atoms with Crippen molar-refractivity contribution in [3.05, 3.63) is 0 Å². The fraction of sp³-hybridized carbons (Fsp3) is 0.889. The molecule has 0 saturated carbocycles. The normalized spacial score (nSPS) is 12.8. The lowest BCUT2D eigenvalue weighted by atomic mass is 10.2. The number of rotatable bonds is 8. The van der Waals surface area contributed by atoms with E-state index in [1.165, 1.54) is 24.6 Å². The van der Waals surface area contributed by atoms with E-state index in [4.69, 9.17) is 14.1 Å². The molecule has 14 heavy (non-hydrogen) atoms. The fourth-order valence-electron chi connectivity index (χ4n) is 1.23. The Kier molecular flexibility index (Phi) is 9.51. The average molecular weight is 233 g/mol. The van der Waals surface area contributed by atoms with E-state index in [1.807, 2.05) is 0 Å². The molecule has 0 aliphatic carbocycles. The zero-order valence-corrected chi connectivity index (χ0v) is 11.1. The van der Waals surface area contributed by atoms with Gasteiger partial charge in [-0.3, -0.25) is 0 Å². The minimum absolute atomic E-state index is 0.386. The second kappa shape index (κ2) is 9.53. The Morgan fingerprint density at radius 2 is 2.07 bits per heavy atom. The van der Waals surface area contributed by atoms with Gasteiger partial charge in [0.15, 0.2) is 0 Å². The van der Waals surface area contributed by atoms with Gasteiger partial charge in [-0.25, -0.2) is 0 Å². The van der Waals surface area contributed by atoms with Crippen LogP contribution in [0.3, 0.4) is 0 Å². The average Bonchev–Trinajstić information content (AvgIpc) is 2.22. The molecule has 0 radical (unpaired) electrons. The number of thioether (sulfide) groups is 1. The van der Waals surface area contributed by atoms with Crippen molar-refractivity contribution in [3.8, 4) is 5.40 Å². The summed E-state index contributed by atoms with van der Waals surface area (Å²) in [5.74, 6) is 0. The van der Waals surface area contributed by atoms with Crippen LogP contribution < -0.4 is 0 Å². The molecule has 0 aliphatic heterocycles. The minimum Gasteiger partial charge on any atom is -0.400 e. The number of hydrogen-bond acceptors (Lipinski definition) is 4. The van der Waals surface area contributed by atoms with Crippen molar-refractivity contribution >= 4 is 21.0 Å². The summed E-state index contributed by atoms with van der Waals surface area (Å²) in [6.07, 6.45) is 3.44. The van der Waals surface area contributed by atoms with E-state index < -0.39 is 9.28 Å². The van der Waals surface area contributed by atoms with E-state index in [2.05, 4.69) is 12.3 Å². The van der Waals surface area contributed by atoms with Crippen molar-refractivity contribution in [1.82, 2.24) is 0 Å². The van der Waals surface area contributed by atoms with E-state index >= 15 is 0 Å². The van der Waals surface area contributed by atoms with Crippen molar-refractivity contribution in [1.29, 1.82) is 5.26 Å². The van der Waals surface area contributed by atoms with Gasteiger partial charge in [0.1, 0.15) is 5.40 Å². The molecule has 0 N–H and O–H groups in total. The summed E-state index contributed by atoms with van der Waals surface area (Å²) in [6, 6.07) is 0.922. The van der Waals surface area contributed by atoms with Gasteiger partial charge in [0.25, 0.3) is 0 Å². The van der Waals surface area contributed by atoms with Gasteiger partial charge in [-0.2, -0.15) is 5.26 Å². The minimum atomic E-state index is -1.50. The molecule has 0 aromatic carbocycles. The number of unbranched alkanes of at least 4 members (excludes halogenated alkanes) is 1. The predicted octanol–water partition coefficient (Wildman–Crippen LogP) is 2.27. The van der Waals surface area contributed by atoms with E-state index in [9.17, 15) is 0 Å². The summed E-state index contributed by atoms with van der Waals surface area (Å²) in [4.78, 5) is 0. The standard InChI is InChI=1S/C9H19NO2SSi/c1-4-5-6-9(13-8-10)7-14(11-2)12-3/h9,14H,4-7H2,1-3H3. The second-order valence-corrected chi connectivity index (χ2v) is 6.47. The number of hydrogen-bond donors (Lipinski definition) is 0. The molecule has 0 spiro atoms. The monoisotopic (exact) mass is 233 g/mol. The van der Waals surface area contributed by atoms with Crippen LogP contribution in [0.1, 0.15) is 26.2 Å². The summed E-state index contributed by atoms with van der Waals surface area (Å²) in [6.45, 7) is 2.16. The van der Waals surface area contributed by atoms with Crippen LogP contribution in [-0.4, -0.2) is 28.8 Å². The second-order valence-electron chi connectivity index (χ2n) is 3.11. The van der Waals surface area contributed by atoms with E-state index in [0.717, 1.165) is 12.5 Å². The molecule has 0 rings (SSSR count). The molecule has 0 fully saturated rings. The highest BCUT2D eigenvalue weighted by Gasteiger charge is 2.18. The highest BCUT2D eigenvalue weighted by molar-refractivity contribution is 8.04. The van der Waals surface area contributed by atoms with Crippen molar-refractivity contribution in [3.63, 3.8) is 0 Å². The maximum Gasteiger partial charge on any atom is 0.322 e. The van der Waals surface area contributed by atoms with Crippen LogP contribution in [0.15, 0.2) is 0 Å². The lowest BCUT2D eigenvalue weighted by molar-refractivity contribution is 0.276. The lowest BCUT2D eigenvalue weighted by Gasteiger charge is -2.16. The third kappa shape index (κ3) is 6.43. The SMILES string of the molecule is CCCCC(C[SiH](OC)OC)SC#N. The zero-order valence-electron chi connectivity index (χ0n) is 9.16. The highest BCUT2D eigenvalue weighted by Crippen LogP contribution is 2.22. The Balaban J connectivity index is 3.87. The predicted molar refractivity (Wildman–Crippen MR) is 62.5 cm³/mol. The molecule has 0 amide bonds. The molecule has 0 heterocycles. The van der Waals surface area contributed by atoms with Crippen LogP contribution in [0.5, 0.6) is 0 Å². The third-order valence-corrected chi connectivity index (χ3v) is 5.29. The Hall–Kier alpha value is -0.0231. The van der Waals surface area contributed by atoms with Crippen LogP contribution >= 0.6 is 11.8 Å². The fourth-order valence-corrected chi connectivity index (χ4v) is 3.77. The molecule has 5 heteroatoms. The van der Waals surface area contributed by atoms with E-state index in [-0.39, 0.29) is 0 Å². The van der Waals surface area contributed by atoms with Crippen LogP contribution in [0.25, 0.3) is 0 Å². The number of thiocyanates is 1. The van der Waals surface area contributed by atoms with Crippen LogP contribution in [0, 0.1) is 10.7 Å². The van der Waals surface area contributed by atoms with Crippen LogP contribution in [-0.2, 0) is 8.85 Å². The summed E-state index contributed by atoms with van der Waals surface area (Å²) < 4.78 is 10.5. The molecular weight excluding hydrogens is 214 g/mol. The van der Waals surface area contributed by atoms with Crippen molar-refractivity contribution in [2.45, 2.75) is 37.5 Å². The van der Waals surface area contributed by atoms with Crippen molar-refractivity contribution in [2.75, 3.05) is 14.2 Å². The maximum absolute atomic E-state index is 8.64.